The molecule has 11 heteroatoms. The molecule has 0 aliphatic rings. The summed E-state index contributed by atoms with van der Waals surface area (Å²) in [5.74, 6) is -2.64. The Hall–Kier alpha value is -1.91. The molecule has 0 fully saturated rings. The first-order chi connectivity index (χ1) is 12.3. The van der Waals surface area contributed by atoms with Crippen molar-refractivity contribution in [3.63, 3.8) is 0 Å². The van der Waals surface area contributed by atoms with E-state index < -0.39 is 52.1 Å². The molecule has 0 unspecified atom stereocenters. The summed E-state index contributed by atoms with van der Waals surface area (Å²) in [5, 5.41) is 8.79. The van der Waals surface area contributed by atoms with Gasteiger partial charge in [-0.05, 0) is 23.5 Å². The highest BCUT2D eigenvalue weighted by Crippen LogP contribution is 2.39. The van der Waals surface area contributed by atoms with Crippen LogP contribution in [0, 0.1) is 5.92 Å². The number of hydrogen-bond donors (Lipinski definition) is 1. The Kier molecular flexibility index (Phi) is 7.58. The molecular weight excluding hydrogens is 395 g/mol. The smallest absolute Gasteiger partial charge is 0.433 e. The van der Waals surface area contributed by atoms with Gasteiger partial charge in [0.1, 0.15) is 11.4 Å². The van der Waals surface area contributed by atoms with Crippen LogP contribution in [0.2, 0.25) is 0 Å². The number of alkyl halides is 5. The zero-order chi connectivity index (χ0) is 21.1. The van der Waals surface area contributed by atoms with Crippen LogP contribution in [0.4, 0.5) is 26.7 Å². The highest BCUT2D eigenvalue weighted by Gasteiger charge is 2.40. The lowest BCUT2D eigenvalue weighted by Crippen LogP contribution is -2.22. The Morgan fingerprint density at radius 1 is 1.19 bits per heavy atom. The molecule has 1 aromatic heterocycles. The number of amides is 1. The highest BCUT2D eigenvalue weighted by atomic mass is 32.2. The number of rotatable bonds is 6. The molecule has 1 aromatic rings. The molecular formula is C16H19F5N2O3S. The first kappa shape index (κ1) is 23.1. The number of aromatic carboxylic acids is 1. The largest absolute Gasteiger partial charge is 0.478 e. The molecule has 0 saturated heterocycles. The monoisotopic (exact) mass is 414 g/mol. The Morgan fingerprint density at radius 2 is 1.74 bits per heavy atom. The molecule has 1 N–H and O–H groups in total. The van der Waals surface area contributed by atoms with Crippen LogP contribution in [0.25, 0.3) is 0 Å². The second-order valence-electron chi connectivity index (χ2n) is 6.33. The van der Waals surface area contributed by atoms with E-state index in [0.717, 1.165) is 4.90 Å². The van der Waals surface area contributed by atoms with Crippen molar-refractivity contribution < 1.29 is 36.6 Å². The lowest BCUT2D eigenvalue weighted by atomic mass is 9.91. The number of carbonyl (C=O) groups is 2. The van der Waals surface area contributed by atoms with Gasteiger partial charge < -0.3 is 10.0 Å². The molecule has 0 saturated carbocycles. The van der Waals surface area contributed by atoms with Crippen LogP contribution in [0.1, 0.15) is 53.1 Å². The molecule has 5 nitrogen and oxygen atoms in total. The SMILES string of the molecule is CC(C)Cc1c(CSC(=O)N(C)C)c(C(F)(F)F)nc(C(F)F)c1C(=O)O. The Labute approximate surface area is 156 Å². The molecule has 1 heterocycles. The summed E-state index contributed by atoms with van der Waals surface area (Å²) < 4.78 is 66.9. The summed E-state index contributed by atoms with van der Waals surface area (Å²) >= 11 is 0.510. The van der Waals surface area contributed by atoms with Crippen LogP contribution >= 0.6 is 11.8 Å². The van der Waals surface area contributed by atoms with Gasteiger partial charge in [0.2, 0.25) is 0 Å². The Bertz CT molecular complexity index is 721. The summed E-state index contributed by atoms with van der Waals surface area (Å²) in [6.07, 6.45) is -8.75. The van der Waals surface area contributed by atoms with E-state index in [-0.39, 0.29) is 17.9 Å². The summed E-state index contributed by atoms with van der Waals surface area (Å²) in [4.78, 5) is 27.4. The van der Waals surface area contributed by atoms with Gasteiger partial charge in [-0.15, -0.1) is 0 Å². The van der Waals surface area contributed by atoms with E-state index >= 15 is 0 Å². The van der Waals surface area contributed by atoms with Gasteiger partial charge >= 0.3 is 12.1 Å². The number of pyridine rings is 1. The number of aromatic nitrogens is 1. The maximum absolute atomic E-state index is 13.5. The molecule has 0 atom stereocenters. The van der Waals surface area contributed by atoms with Crippen LogP contribution in [0.5, 0.6) is 0 Å². The zero-order valence-corrected chi connectivity index (χ0v) is 15.8. The fourth-order valence-electron chi connectivity index (χ4n) is 2.38. The first-order valence-electron chi connectivity index (χ1n) is 7.75. The van der Waals surface area contributed by atoms with Crippen LogP contribution in [0.3, 0.4) is 0 Å². The molecule has 0 spiro atoms. The van der Waals surface area contributed by atoms with E-state index in [2.05, 4.69) is 4.98 Å². The Morgan fingerprint density at radius 3 is 2.11 bits per heavy atom. The van der Waals surface area contributed by atoms with Crippen LogP contribution in [0.15, 0.2) is 0 Å². The van der Waals surface area contributed by atoms with Crippen LogP contribution in [-0.4, -0.2) is 40.3 Å². The van der Waals surface area contributed by atoms with Crippen molar-refractivity contribution >= 4 is 23.0 Å². The minimum atomic E-state index is -5.08. The van der Waals surface area contributed by atoms with Crippen LogP contribution < -0.4 is 0 Å². The molecule has 27 heavy (non-hydrogen) atoms. The second-order valence-corrected chi connectivity index (χ2v) is 7.25. The van der Waals surface area contributed by atoms with E-state index in [1.54, 1.807) is 13.8 Å². The van der Waals surface area contributed by atoms with Gasteiger partial charge in [-0.25, -0.2) is 18.6 Å². The topological polar surface area (TPSA) is 70.5 Å². The average Bonchev–Trinajstić information content (AvgIpc) is 2.49. The predicted molar refractivity (Wildman–Crippen MR) is 90.1 cm³/mol. The number of halogens is 5. The molecule has 1 amide bonds. The fraction of sp³-hybridized carbons (Fsp3) is 0.562. The van der Waals surface area contributed by atoms with Crippen molar-refractivity contribution in [1.82, 2.24) is 9.88 Å². The summed E-state index contributed by atoms with van der Waals surface area (Å²) in [7, 11) is 2.80. The van der Waals surface area contributed by atoms with Gasteiger partial charge in [-0.1, -0.05) is 25.6 Å². The summed E-state index contributed by atoms with van der Waals surface area (Å²) in [5.41, 5.74) is -4.86. The van der Waals surface area contributed by atoms with Crippen molar-refractivity contribution in [1.29, 1.82) is 0 Å². The van der Waals surface area contributed by atoms with Crippen molar-refractivity contribution in [3.8, 4) is 0 Å². The van der Waals surface area contributed by atoms with Crippen molar-refractivity contribution in [2.24, 2.45) is 5.92 Å². The molecule has 1 rings (SSSR count). The lowest BCUT2D eigenvalue weighted by molar-refractivity contribution is -0.142. The molecule has 0 radical (unpaired) electrons. The number of carbonyl (C=O) groups excluding carboxylic acids is 1. The van der Waals surface area contributed by atoms with Crippen LogP contribution in [-0.2, 0) is 18.3 Å². The maximum atomic E-state index is 13.5. The van der Waals surface area contributed by atoms with E-state index in [0.29, 0.717) is 11.8 Å². The van der Waals surface area contributed by atoms with Gasteiger partial charge in [0, 0.05) is 19.8 Å². The third-order valence-electron chi connectivity index (χ3n) is 3.45. The van der Waals surface area contributed by atoms with Crippen molar-refractivity contribution in [2.75, 3.05) is 14.1 Å². The zero-order valence-electron chi connectivity index (χ0n) is 15.0. The highest BCUT2D eigenvalue weighted by molar-refractivity contribution is 8.12. The lowest BCUT2D eigenvalue weighted by Gasteiger charge is -2.22. The third-order valence-corrected chi connectivity index (χ3v) is 4.49. The van der Waals surface area contributed by atoms with Gasteiger partial charge in [0.15, 0.2) is 0 Å². The third kappa shape index (κ3) is 5.78. The quantitative estimate of drug-likeness (QED) is 0.674. The van der Waals surface area contributed by atoms with E-state index in [9.17, 15) is 36.6 Å². The van der Waals surface area contributed by atoms with Gasteiger partial charge in [0.25, 0.3) is 11.7 Å². The molecule has 0 aromatic carbocycles. The number of nitrogens with zero attached hydrogens (tertiary/aromatic N) is 2. The van der Waals surface area contributed by atoms with Crippen molar-refractivity contribution in [2.45, 2.75) is 38.6 Å². The molecule has 152 valence electrons. The molecule has 0 aliphatic carbocycles. The summed E-state index contributed by atoms with van der Waals surface area (Å²) in [6, 6.07) is 0. The van der Waals surface area contributed by atoms with Crippen molar-refractivity contribution in [3.05, 3.63) is 28.1 Å². The molecule has 0 bridgehead atoms. The first-order valence-corrected chi connectivity index (χ1v) is 8.74. The average molecular weight is 414 g/mol. The standard InChI is InChI=1S/C16H19F5N2O3S/c1-7(2)5-8-9(6-27-15(26)23(3)4)12(16(19,20)21)22-11(13(17)18)10(8)14(24)25/h7,13H,5-6H2,1-4H3,(H,24,25). The second kappa shape index (κ2) is 8.85. The van der Waals surface area contributed by atoms with E-state index in [1.807, 2.05) is 0 Å². The number of carboxylic acids is 1. The minimum absolute atomic E-state index is 0.182. The maximum Gasteiger partial charge on any atom is 0.433 e. The number of hydrogen-bond acceptors (Lipinski definition) is 4. The van der Waals surface area contributed by atoms with E-state index in [4.69, 9.17) is 0 Å². The van der Waals surface area contributed by atoms with Gasteiger partial charge in [-0.2, -0.15) is 13.2 Å². The molecule has 0 aliphatic heterocycles. The minimum Gasteiger partial charge on any atom is -0.478 e. The number of thioether (sulfide) groups is 1. The summed E-state index contributed by atoms with van der Waals surface area (Å²) in [6.45, 7) is 3.23. The predicted octanol–water partition coefficient (Wildman–Crippen LogP) is 4.85. The normalized spacial score (nSPS) is 12.0. The van der Waals surface area contributed by atoms with Gasteiger partial charge in [0.05, 0.1) is 5.56 Å². The van der Waals surface area contributed by atoms with Gasteiger partial charge in [-0.3, -0.25) is 4.79 Å². The van der Waals surface area contributed by atoms with E-state index in [1.165, 1.54) is 14.1 Å². The fourth-order valence-corrected chi connectivity index (χ4v) is 3.21. The number of carboxylic acid groups (broad SMARTS) is 1. The Balaban J connectivity index is 3.78.